The van der Waals surface area contributed by atoms with E-state index < -0.39 is 10.0 Å². The number of sulfonamides is 1. The highest BCUT2D eigenvalue weighted by molar-refractivity contribution is 7.89. The van der Waals surface area contributed by atoms with Crippen LogP contribution in [-0.2, 0) is 16.6 Å². The number of anilines is 1. The summed E-state index contributed by atoms with van der Waals surface area (Å²) in [7, 11) is -3.75. The average Bonchev–Trinajstić information content (AvgIpc) is 2.66. The molecule has 0 saturated heterocycles. The number of oxazole rings is 1. The van der Waals surface area contributed by atoms with Gasteiger partial charge < -0.3 is 10.2 Å². The van der Waals surface area contributed by atoms with Gasteiger partial charge in [0.2, 0.25) is 15.9 Å². The summed E-state index contributed by atoms with van der Waals surface area (Å²) in [5, 5.41) is 0.0669. The Labute approximate surface area is 122 Å². The van der Waals surface area contributed by atoms with Crippen LogP contribution in [-0.4, -0.2) is 13.4 Å². The lowest BCUT2D eigenvalue weighted by Crippen LogP contribution is -2.23. The van der Waals surface area contributed by atoms with Crippen LogP contribution in [0.1, 0.15) is 17.3 Å². The van der Waals surface area contributed by atoms with Gasteiger partial charge in [-0.2, -0.15) is 0 Å². The van der Waals surface area contributed by atoms with Gasteiger partial charge in [-0.1, -0.05) is 11.6 Å². The van der Waals surface area contributed by atoms with Gasteiger partial charge in [-0.25, -0.2) is 18.1 Å². The first-order valence-electron chi connectivity index (χ1n) is 5.77. The van der Waals surface area contributed by atoms with E-state index in [1.165, 1.54) is 18.2 Å². The van der Waals surface area contributed by atoms with E-state index in [0.29, 0.717) is 17.3 Å². The Balaban J connectivity index is 2.19. The summed E-state index contributed by atoms with van der Waals surface area (Å²) >= 11 is 5.89. The summed E-state index contributed by atoms with van der Waals surface area (Å²) in [6.45, 7) is 3.50. The number of nitrogens with one attached hydrogen (secondary N) is 1. The fourth-order valence-corrected chi connectivity index (χ4v) is 3.11. The van der Waals surface area contributed by atoms with Gasteiger partial charge in [-0.3, -0.25) is 0 Å². The second-order valence-electron chi connectivity index (χ2n) is 4.26. The fraction of sp³-hybridized carbons (Fsp3) is 0.250. The molecule has 0 aliphatic heterocycles. The Morgan fingerprint density at radius 3 is 2.65 bits per heavy atom. The van der Waals surface area contributed by atoms with E-state index in [9.17, 15) is 8.42 Å². The van der Waals surface area contributed by atoms with E-state index in [1.54, 1.807) is 13.8 Å². The summed E-state index contributed by atoms with van der Waals surface area (Å²) < 4.78 is 31.9. The maximum atomic E-state index is 12.1. The molecule has 0 atom stereocenters. The highest BCUT2D eigenvalue weighted by Gasteiger charge is 2.19. The van der Waals surface area contributed by atoms with Gasteiger partial charge in [0.05, 0.1) is 17.3 Å². The normalized spacial score (nSPS) is 11.8. The lowest BCUT2D eigenvalue weighted by molar-refractivity contribution is 0.463. The van der Waals surface area contributed by atoms with Crippen molar-refractivity contribution in [2.24, 2.45) is 0 Å². The molecule has 0 fully saturated rings. The number of aryl methyl sites for hydroxylation is 2. The number of rotatable bonds is 4. The third-order valence-electron chi connectivity index (χ3n) is 2.73. The van der Waals surface area contributed by atoms with Gasteiger partial charge in [0.1, 0.15) is 10.7 Å². The maximum Gasteiger partial charge on any atom is 0.242 e. The van der Waals surface area contributed by atoms with Crippen LogP contribution in [0.15, 0.2) is 27.5 Å². The fourth-order valence-electron chi connectivity index (χ4n) is 1.58. The van der Waals surface area contributed by atoms with Crippen LogP contribution >= 0.6 is 11.6 Å². The predicted molar refractivity (Wildman–Crippen MR) is 75.9 cm³/mol. The third kappa shape index (κ3) is 3.12. The molecule has 2 aromatic rings. The second-order valence-corrected chi connectivity index (χ2v) is 6.41. The Morgan fingerprint density at radius 1 is 1.40 bits per heavy atom. The molecule has 0 saturated carbocycles. The van der Waals surface area contributed by atoms with E-state index in [1.807, 2.05) is 0 Å². The molecule has 8 heteroatoms. The van der Waals surface area contributed by atoms with Crippen LogP contribution in [0, 0.1) is 13.8 Å². The number of hydrogen-bond donors (Lipinski definition) is 2. The number of halogens is 1. The quantitative estimate of drug-likeness (QED) is 0.841. The Morgan fingerprint density at radius 2 is 2.10 bits per heavy atom. The lowest BCUT2D eigenvalue weighted by atomic mass is 10.3. The van der Waals surface area contributed by atoms with Crippen LogP contribution in [0.25, 0.3) is 0 Å². The van der Waals surface area contributed by atoms with Crippen molar-refractivity contribution in [3.05, 3.63) is 40.6 Å². The molecule has 0 aliphatic carbocycles. The molecule has 20 heavy (non-hydrogen) atoms. The number of benzene rings is 1. The summed E-state index contributed by atoms with van der Waals surface area (Å²) in [5.74, 6) is 0.958. The average molecular weight is 316 g/mol. The molecule has 108 valence electrons. The van der Waals surface area contributed by atoms with Crippen molar-refractivity contribution in [3.8, 4) is 0 Å². The van der Waals surface area contributed by atoms with Crippen LogP contribution in [0.2, 0.25) is 5.02 Å². The molecule has 0 aliphatic rings. The first kappa shape index (κ1) is 14.8. The van der Waals surface area contributed by atoms with Crippen molar-refractivity contribution in [3.63, 3.8) is 0 Å². The van der Waals surface area contributed by atoms with Gasteiger partial charge in [-0.15, -0.1) is 0 Å². The van der Waals surface area contributed by atoms with E-state index >= 15 is 0 Å². The summed E-state index contributed by atoms with van der Waals surface area (Å²) in [4.78, 5) is 4.06. The molecule has 0 spiro atoms. The molecular formula is C12H14ClN3O3S. The molecule has 1 aromatic carbocycles. The van der Waals surface area contributed by atoms with Gasteiger partial charge in [0, 0.05) is 5.69 Å². The first-order valence-corrected chi connectivity index (χ1v) is 7.63. The Hall–Kier alpha value is -1.57. The summed E-state index contributed by atoms with van der Waals surface area (Å²) in [6, 6.07) is 4.21. The summed E-state index contributed by atoms with van der Waals surface area (Å²) in [5.41, 5.74) is 6.65. The third-order valence-corrected chi connectivity index (χ3v) is 4.62. The van der Waals surface area contributed by atoms with E-state index in [-0.39, 0.29) is 16.5 Å². The summed E-state index contributed by atoms with van der Waals surface area (Å²) in [6.07, 6.45) is 0. The monoisotopic (exact) mass is 315 g/mol. The number of aromatic nitrogens is 1. The molecule has 0 amide bonds. The van der Waals surface area contributed by atoms with Crippen molar-refractivity contribution in [2.45, 2.75) is 25.3 Å². The predicted octanol–water partition coefficient (Wildman–Crippen LogP) is 2.01. The molecule has 3 N–H and O–H groups in total. The topological polar surface area (TPSA) is 98.2 Å². The van der Waals surface area contributed by atoms with Crippen molar-refractivity contribution >= 4 is 27.3 Å². The molecule has 0 radical (unpaired) electrons. The molecule has 0 bridgehead atoms. The minimum Gasteiger partial charge on any atom is -0.444 e. The van der Waals surface area contributed by atoms with Gasteiger partial charge in [0.15, 0.2) is 0 Å². The minimum atomic E-state index is -3.75. The van der Waals surface area contributed by atoms with Crippen molar-refractivity contribution < 1.29 is 12.8 Å². The van der Waals surface area contributed by atoms with E-state index in [2.05, 4.69) is 9.71 Å². The highest BCUT2D eigenvalue weighted by Crippen LogP contribution is 2.23. The molecule has 2 rings (SSSR count). The Kier molecular flexibility index (Phi) is 4.03. The molecule has 1 aromatic heterocycles. The highest BCUT2D eigenvalue weighted by atomic mass is 35.5. The maximum absolute atomic E-state index is 12.1. The van der Waals surface area contributed by atoms with Crippen molar-refractivity contribution in [1.82, 2.24) is 9.71 Å². The number of nitrogens with zero attached hydrogens (tertiary/aromatic N) is 1. The van der Waals surface area contributed by atoms with Crippen LogP contribution < -0.4 is 10.5 Å². The minimum absolute atomic E-state index is 0.0339. The van der Waals surface area contributed by atoms with Crippen molar-refractivity contribution in [1.29, 1.82) is 0 Å². The Bertz CT molecular complexity index is 721. The van der Waals surface area contributed by atoms with E-state index in [4.69, 9.17) is 21.8 Å². The standard InChI is InChI=1S/C12H14ClN3O3S/c1-7-8(2)19-12(16-7)6-15-20(17,18)11-4-3-9(14)5-10(11)13/h3-5,15H,6,14H2,1-2H3. The zero-order chi connectivity index (χ0) is 14.9. The van der Waals surface area contributed by atoms with Gasteiger partial charge in [0.25, 0.3) is 0 Å². The van der Waals surface area contributed by atoms with Crippen molar-refractivity contribution in [2.75, 3.05) is 5.73 Å². The molecule has 1 heterocycles. The largest absolute Gasteiger partial charge is 0.444 e. The zero-order valence-corrected chi connectivity index (χ0v) is 12.5. The van der Waals surface area contributed by atoms with Crippen LogP contribution in [0.4, 0.5) is 5.69 Å². The van der Waals surface area contributed by atoms with Crippen LogP contribution in [0.5, 0.6) is 0 Å². The number of hydrogen-bond acceptors (Lipinski definition) is 5. The number of nitrogens with two attached hydrogens (primary N) is 1. The zero-order valence-electron chi connectivity index (χ0n) is 11.0. The van der Waals surface area contributed by atoms with Gasteiger partial charge in [-0.05, 0) is 32.0 Å². The molecule has 0 unspecified atom stereocenters. The lowest BCUT2D eigenvalue weighted by Gasteiger charge is -2.07. The molecule has 6 nitrogen and oxygen atoms in total. The number of nitrogen functional groups attached to an aromatic ring is 1. The van der Waals surface area contributed by atoms with Crippen LogP contribution in [0.3, 0.4) is 0 Å². The van der Waals surface area contributed by atoms with E-state index in [0.717, 1.165) is 5.69 Å². The molecular weight excluding hydrogens is 302 g/mol. The smallest absolute Gasteiger partial charge is 0.242 e. The SMILES string of the molecule is Cc1nc(CNS(=O)(=O)c2ccc(N)cc2Cl)oc1C. The van der Waals surface area contributed by atoms with Gasteiger partial charge >= 0.3 is 0 Å². The first-order chi connectivity index (χ1) is 9.29. The second kappa shape index (κ2) is 5.43.